The largest absolute Gasteiger partial charge is 0.423 e. The van der Waals surface area contributed by atoms with Gasteiger partial charge in [-0.3, -0.25) is 0 Å². The van der Waals surface area contributed by atoms with Gasteiger partial charge in [-0.05, 0) is 67.4 Å². The summed E-state index contributed by atoms with van der Waals surface area (Å²) in [6, 6.07) is 5.99. The topological polar surface area (TPSA) is 66.8 Å². The number of esters is 1. The first-order chi connectivity index (χ1) is 15.2. The van der Waals surface area contributed by atoms with Crippen molar-refractivity contribution >= 4 is 12.0 Å². The first kappa shape index (κ1) is 22.7. The summed E-state index contributed by atoms with van der Waals surface area (Å²) in [6.07, 6.45) is 11.3. The number of carbonyl (C=O) groups is 1. The summed E-state index contributed by atoms with van der Waals surface area (Å²) in [6.45, 7) is 6.29. The molecule has 2 N–H and O–H groups in total. The average molecular weight is 439 g/mol. The normalized spacial score (nSPS) is 36.1. The van der Waals surface area contributed by atoms with Gasteiger partial charge in [0.1, 0.15) is 11.6 Å². The van der Waals surface area contributed by atoms with Crippen molar-refractivity contribution in [2.24, 2.45) is 22.7 Å². The number of fused-ring (bicyclic) bond motifs is 1. The highest BCUT2D eigenvalue weighted by Gasteiger charge is 2.56. The Balaban J connectivity index is 1.60. The smallest absolute Gasteiger partial charge is 0.343 e. The maximum Gasteiger partial charge on any atom is 0.343 e. The average Bonchev–Trinajstić information content (AvgIpc) is 3.11. The molecule has 5 heteroatoms. The second-order valence-corrected chi connectivity index (χ2v) is 9.88. The number of allylic oxidation sites excluding steroid dienone is 4. The molecule has 0 amide bonds. The second-order valence-electron chi connectivity index (χ2n) is 9.88. The summed E-state index contributed by atoms with van der Waals surface area (Å²) in [5.41, 5.74) is 1.79. The van der Waals surface area contributed by atoms with Crippen LogP contribution in [0.25, 0.3) is 6.08 Å². The fourth-order valence-electron chi connectivity index (χ4n) is 5.90. The van der Waals surface area contributed by atoms with Crippen LogP contribution in [0.15, 0.2) is 65.5 Å². The molecule has 0 radical (unpaired) electrons. The van der Waals surface area contributed by atoms with Crippen molar-refractivity contribution in [3.63, 3.8) is 0 Å². The maximum absolute atomic E-state index is 13.1. The van der Waals surface area contributed by atoms with E-state index in [1.54, 1.807) is 24.3 Å². The number of carbonyl (C=O) groups excluding carboxylic acids is 1. The highest BCUT2D eigenvalue weighted by Crippen LogP contribution is 2.60. The van der Waals surface area contributed by atoms with E-state index in [1.165, 1.54) is 17.7 Å². The van der Waals surface area contributed by atoms with Gasteiger partial charge in [0.2, 0.25) is 0 Å². The molecule has 1 aromatic carbocycles. The van der Waals surface area contributed by atoms with Crippen molar-refractivity contribution in [3.8, 4) is 0 Å². The fourth-order valence-corrected chi connectivity index (χ4v) is 5.90. The summed E-state index contributed by atoms with van der Waals surface area (Å²) in [5, 5.41) is 20.8. The SMILES string of the molecule is CC1=CC[C@@H]2[C@](C)(CO)[C@H](O)CC[C@@]2(C)[C@@H]1/C=C/C1=CC(=C/c2ccc(F)cc2)/OC1=O. The van der Waals surface area contributed by atoms with Crippen LogP contribution >= 0.6 is 0 Å². The van der Waals surface area contributed by atoms with Crippen LogP contribution in [0, 0.1) is 28.5 Å². The Morgan fingerprint density at radius 3 is 2.66 bits per heavy atom. The van der Waals surface area contributed by atoms with E-state index in [9.17, 15) is 19.4 Å². The molecule has 32 heavy (non-hydrogen) atoms. The number of hydrogen-bond acceptors (Lipinski definition) is 4. The van der Waals surface area contributed by atoms with Crippen molar-refractivity contribution < 1.29 is 24.1 Å². The molecule has 0 spiro atoms. The molecule has 1 heterocycles. The standard InChI is InChI=1S/C27H31FO4/c1-17-4-11-23-26(2,13-12-24(30)27(23,3)16-29)22(17)10-7-19-15-21(32-25(19)31)14-18-5-8-20(28)9-6-18/h4-10,14-15,22-24,29-30H,11-13,16H2,1-3H3/b10-7+,21-14-/t22-,23+,24-,26+,27+/m1/s1. The summed E-state index contributed by atoms with van der Waals surface area (Å²) in [4.78, 5) is 12.4. The van der Waals surface area contributed by atoms with Crippen LogP contribution < -0.4 is 0 Å². The molecule has 0 bridgehead atoms. The highest BCUT2D eigenvalue weighted by molar-refractivity contribution is 5.96. The second kappa shape index (κ2) is 8.45. The van der Waals surface area contributed by atoms with Gasteiger partial charge in [0.25, 0.3) is 0 Å². The van der Waals surface area contributed by atoms with E-state index in [0.717, 1.165) is 18.4 Å². The molecular weight excluding hydrogens is 407 g/mol. The lowest BCUT2D eigenvalue weighted by molar-refractivity contribution is -0.138. The van der Waals surface area contributed by atoms with Crippen LogP contribution in [0.3, 0.4) is 0 Å². The Hall–Kier alpha value is -2.50. The number of benzene rings is 1. The van der Waals surface area contributed by atoms with Crippen LogP contribution in [-0.4, -0.2) is 28.9 Å². The van der Waals surface area contributed by atoms with Crippen LogP contribution in [-0.2, 0) is 9.53 Å². The summed E-state index contributed by atoms with van der Waals surface area (Å²) >= 11 is 0. The number of halogens is 1. The lowest BCUT2D eigenvalue weighted by Gasteiger charge is -2.58. The zero-order chi connectivity index (χ0) is 23.1. The Morgan fingerprint density at radius 2 is 1.97 bits per heavy atom. The van der Waals surface area contributed by atoms with E-state index in [-0.39, 0.29) is 29.7 Å². The lowest BCUT2D eigenvalue weighted by Crippen LogP contribution is -2.56. The van der Waals surface area contributed by atoms with Crippen molar-refractivity contribution in [1.29, 1.82) is 0 Å². The van der Waals surface area contributed by atoms with Gasteiger partial charge in [-0.25, -0.2) is 9.18 Å². The molecule has 170 valence electrons. The zero-order valence-electron chi connectivity index (χ0n) is 18.8. The number of ether oxygens (including phenoxy) is 1. The van der Waals surface area contributed by atoms with Gasteiger partial charge in [0, 0.05) is 11.3 Å². The number of hydrogen-bond donors (Lipinski definition) is 2. The van der Waals surface area contributed by atoms with Crippen LogP contribution in [0.5, 0.6) is 0 Å². The predicted octanol–water partition coefficient (Wildman–Crippen LogP) is 4.95. The molecule has 1 aromatic rings. The highest BCUT2D eigenvalue weighted by atomic mass is 19.1. The van der Waals surface area contributed by atoms with Crippen LogP contribution in [0.1, 0.15) is 45.6 Å². The fraction of sp³-hybridized carbons (Fsp3) is 0.444. The van der Waals surface area contributed by atoms with Gasteiger partial charge in [0.05, 0.1) is 18.3 Å². The third kappa shape index (κ3) is 3.89. The molecule has 0 aromatic heterocycles. The Morgan fingerprint density at radius 1 is 1.25 bits per heavy atom. The summed E-state index contributed by atoms with van der Waals surface area (Å²) in [5.74, 6) is -0.0631. The molecule has 5 atom stereocenters. The number of rotatable bonds is 4. The lowest BCUT2D eigenvalue weighted by atomic mass is 9.47. The van der Waals surface area contributed by atoms with Crippen molar-refractivity contribution in [2.45, 2.75) is 46.1 Å². The van der Waals surface area contributed by atoms with Gasteiger partial charge in [-0.1, -0.05) is 49.8 Å². The summed E-state index contributed by atoms with van der Waals surface area (Å²) < 4.78 is 18.5. The molecule has 4 rings (SSSR count). The van der Waals surface area contributed by atoms with E-state index in [0.29, 0.717) is 17.8 Å². The molecule has 3 aliphatic rings. The van der Waals surface area contributed by atoms with Gasteiger partial charge in [0.15, 0.2) is 0 Å². The molecule has 0 saturated heterocycles. The quantitative estimate of drug-likeness (QED) is 0.516. The van der Waals surface area contributed by atoms with E-state index in [1.807, 2.05) is 13.0 Å². The molecule has 1 saturated carbocycles. The van der Waals surface area contributed by atoms with Crippen molar-refractivity contribution in [2.75, 3.05) is 6.61 Å². The van der Waals surface area contributed by atoms with Crippen molar-refractivity contribution in [3.05, 3.63) is 76.9 Å². The van der Waals surface area contributed by atoms with E-state index in [4.69, 9.17) is 4.74 Å². The first-order valence-electron chi connectivity index (χ1n) is 11.2. The van der Waals surface area contributed by atoms with Gasteiger partial charge >= 0.3 is 5.97 Å². The minimum atomic E-state index is -0.549. The molecular formula is C27H31FO4. The number of aliphatic hydroxyl groups excluding tert-OH is 2. The van der Waals surface area contributed by atoms with Gasteiger partial charge in [-0.2, -0.15) is 0 Å². The Bertz CT molecular complexity index is 1020. The van der Waals surface area contributed by atoms with Crippen LogP contribution in [0.4, 0.5) is 4.39 Å². The maximum atomic E-state index is 13.1. The molecule has 1 aliphatic heterocycles. The Kier molecular flexibility index (Phi) is 5.99. The van der Waals surface area contributed by atoms with E-state index in [2.05, 4.69) is 26.0 Å². The van der Waals surface area contributed by atoms with Crippen LogP contribution in [0.2, 0.25) is 0 Å². The first-order valence-corrected chi connectivity index (χ1v) is 11.2. The number of aliphatic hydroxyl groups is 2. The molecule has 1 fully saturated rings. The predicted molar refractivity (Wildman–Crippen MR) is 122 cm³/mol. The van der Waals surface area contributed by atoms with Crippen molar-refractivity contribution in [1.82, 2.24) is 0 Å². The summed E-state index contributed by atoms with van der Waals surface area (Å²) in [7, 11) is 0. The van der Waals surface area contributed by atoms with E-state index < -0.39 is 17.5 Å². The Labute approximate surface area is 188 Å². The van der Waals surface area contributed by atoms with Gasteiger partial charge < -0.3 is 14.9 Å². The van der Waals surface area contributed by atoms with Gasteiger partial charge in [-0.15, -0.1) is 0 Å². The third-order valence-electron chi connectivity index (χ3n) is 7.92. The minimum Gasteiger partial charge on any atom is -0.423 e. The third-order valence-corrected chi connectivity index (χ3v) is 7.92. The van der Waals surface area contributed by atoms with E-state index >= 15 is 0 Å². The monoisotopic (exact) mass is 438 g/mol. The molecule has 4 nitrogen and oxygen atoms in total. The zero-order valence-corrected chi connectivity index (χ0v) is 18.8. The number of cyclic esters (lactones) is 1. The molecule has 0 unspecified atom stereocenters. The molecule has 2 aliphatic carbocycles. The minimum absolute atomic E-state index is 0.0488.